The zero-order chi connectivity index (χ0) is 13.1. The van der Waals surface area contributed by atoms with Crippen LogP contribution in [0.15, 0.2) is 36.4 Å². The summed E-state index contributed by atoms with van der Waals surface area (Å²) in [4.78, 5) is 0. The first-order valence-corrected chi connectivity index (χ1v) is 5.49. The van der Waals surface area contributed by atoms with Crippen LogP contribution in [-0.2, 0) is 6.61 Å². The number of halogens is 3. The maximum atomic E-state index is 13.0. The fourth-order valence-corrected chi connectivity index (χ4v) is 1.63. The van der Waals surface area contributed by atoms with Crippen molar-refractivity contribution >= 4 is 11.6 Å². The van der Waals surface area contributed by atoms with Crippen molar-refractivity contribution in [2.45, 2.75) is 6.61 Å². The quantitative estimate of drug-likeness (QED) is 0.916. The number of hydrogen-bond donors (Lipinski definition) is 1. The molecule has 2 aromatic rings. The largest absolute Gasteiger partial charge is 0.457 e. The minimum absolute atomic E-state index is 0.00414. The van der Waals surface area contributed by atoms with Crippen LogP contribution < -0.4 is 4.74 Å². The van der Waals surface area contributed by atoms with Crippen LogP contribution in [0.1, 0.15) is 5.56 Å². The van der Waals surface area contributed by atoms with Gasteiger partial charge < -0.3 is 9.84 Å². The summed E-state index contributed by atoms with van der Waals surface area (Å²) in [6.45, 7) is -0.260. The number of aliphatic hydroxyl groups excluding tert-OH is 1. The van der Waals surface area contributed by atoms with Gasteiger partial charge in [0, 0.05) is 28.8 Å². The smallest absolute Gasteiger partial charge is 0.134 e. The average molecular weight is 271 g/mol. The predicted octanol–water partition coefficient (Wildman–Crippen LogP) is 3.90. The highest BCUT2D eigenvalue weighted by Gasteiger charge is 2.07. The molecule has 0 saturated carbocycles. The molecule has 0 bridgehead atoms. The van der Waals surface area contributed by atoms with Gasteiger partial charge >= 0.3 is 0 Å². The summed E-state index contributed by atoms with van der Waals surface area (Å²) in [5.74, 6) is -1.21. The van der Waals surface area contributed by atoms with Crippen molar-refractivity contribution in [1.29, 1.82) is 0 Å². The van der Waals surface area contributed by atoms with E-state index < -0.39 is 11.6 Å². The van der Waals surface area contributed by atoms with E-state index in [1.165, 1.54) is 6.07 Å². The van der Waals surface area contributed by atoms with Gasteiger partial charge in [-0.3, -0.25) is 0 Å². The lowest BCUT2D eigenvalue weighted by Gasteiger charge is -2.10. The summed E-state index contributed by atoms with van der Waals surface area (Å²) in [5.41, 5.74) is 0.476. The lowest BCUT2D eigenvalue weighted by Crippen LogP contribution is -1.93. The Morgan fingerprint density at radius 1 is 1.06 bits per heavy atom. The maximum absolute atomic E-state index is 13.0. The van der Waals surface area contributed by atoms with Crippen molar-refractivity contribution in [3.63, 3.8) is 0 Å². The van der Waals surface area contributed by atoms with Crippen molar-refractivity contribution in [2.75, 3.05) is 0 Å². The van der Waals surface area contributed by atoms with Gasteiger partial charge in [0.2, 0.25) is 0 Å². The van der Waals surface area contributed by atoms with Gasteiger partial charge in [0.1, 0.15) is 23.1 Å². The summed E-state index contributed by atoms with van der Waals surface area (Å²) < 4.78 is 31.3. The molecule has 0 saturated heterocycles. The molecule has 0 heterocycles. The second-order valence-corrected chi connectivity index (χ2v) is 4.05. The third kappa shape index (κ3) is 2.97. The number of hydrogen-bond acceptors (Lipinski definition) is 2. The van der Waals surface area contributed by atoms with Crippen LogP contribution in [0.3, 0.4) is 0 Å². The number of ether oxygens (including phenoxy) is 1. The van der Waals surface area contributed by atoms with Crippen molar-refractivity contribution < 1.29 is 18.6 Å². The highest BCUT2D eigenvalue weighted by molar-refractivity contribution is 6.30. The molecule has 2 aromatic carbocycles. The average Bonchev–Trinajstić information content (AvgIpc) is 2.27. The van der Waals surface area contributed by atoms with E-state index >= 15 is 0 Å². The van der Waals surface area contributed by atoms with Gasteiger partial charge in [-0.2, -0.15) is 0 Å². The van der Waals surface area contributed by atoms with Crippen molar-refractivity contribution in [3.05, 3.63) is 58.6 Å². The van der Waals surface area contributed by atoms with E-state index in [-0.39, 0.29) is 18.1 Å². The first kappa shape index (κ1) is 12.8. The summed E-state index contributed by atoms with van der Waals surface area (Å²) in [6.07, 6.45) is 0. The van der Waals surface area contributed by atoms with E-state index in [9.17, 15) is 8.78 Å². The Balaban J connectivity index is 2.35. The molecular weight excluding hydrogens is 262 g/mol. The molecule has 0 fully saturated rings. The first-order chi connectivity index (χ1) is 8.58. The minimum atomic E-state index is -0.738. The summed E-state index contributed by atoms with van der Waals surface area (Å²) >= 11 is 5.79. The van der Waals surface area contributed by atoms with Gasteiger partial charge in [-0.1, -0.05) is 17.7 Å². The van der Waals surface area contributed by atoms with E-state index in [1.807, 2.05) is 0 Å². The Labute approximate surface area is 107 Å². The Hall–Kier alpha value is -1.65. The zero-order valence-corrected chi connectivity index (χ0v) is 9.92. The van der Waals surface area contributed by atoms with E-state index in [1.54, 1.807) is 12.1 Å². The Kier molecular flexibility index (Phi) is 3.79. The van der Waals surface area contributed by atoms with Crippen molar-refractivity contribution in [1.82, 2.24) is 0 Å². The summed E-state index contributed by atoms with van der Waals surface area (Å²) in [6, 6.07) is 7.48. The number of benzene rings is 2. The van der Waals surface area contributed by atoms with Crippen LogP contribution in [-0.4, -0.2) is 5.11 Å². The lowest BCUT2D eigenvalue weighted by atomic mass is 10.2. The van der Waals surface area contributed by atoms with E-state index in [4.69, 9.17) is 21.4 Å². The van der Waals surface area contributed by atoms with Crippen LogP contribution in [0.2, 0.25) is 5.02 Å². The molecule has 0 atom stereocenters. The standard InChI is InChI=1S/C13H9ClF2O2/c14-9-2-1-8(7-17)13(3-9)18-12-5-10(15)4-11(16)6-12/h1-6,17H,7H2. The minimum Gasteiger partial charge on any atom is -0.457 e. The Morgan fingerprint density at radius 3 is 2.33 bits per heavy atom. The van der Waals surface area contributed by atoms with Crippen LogP contribution in [0.4, 0.5) is 8.78 Å². The van der Waals surface area contributed by atoms with Crippen LogP contribution in [0, 0.1) is 11.6 Å². The molecule has 18 heavy (non-hydrogen) atoms. The third-order valence-electron chi connectivity index (χ3n) is 2.26. The molecule has 0 radical (unpaired) electrons. The molecule has 0 amide bonds. The van der Waals surface area contributed by atoms with Crippen LogP contribution in [0.5, 0.6) is 11.5 Å². The molecule has 94 valence electrons. The van der Waals surface area contributed by atoms with Gasteiger partial charge in [-0.05, 0) is 12.1 Å². The maximum Gasteiger partial charge on any atom is 0.134 e. The molecule has 5 heteroatoms. The molecule has 0 aliphatic rings. The highest BCUT2D eigenvalue weighted by atomic mass is 35.5. The van der Waals surface area contributed by atoms with Crippen molar-refractivity contribution in [2.24, 2.45) is 0 Å². The lowest BCUT2D eigenvalue weighted by molar-refractivity contribution is 0.276. The second kappa shape index (κ2) is 5.33. The van der Waals surface area contributed by atoms with Crippen LogP contribution >= 0.6 is 11.6 Å². The topological polar surface area (TPSA) is 29.5 Å². The number of rotatable bonds is 3. The summed E-state index contributed by atoms with van der Waals surface area (Å²) in [5, 5.41) is 9.53. The molecule has 2 nitrogen and oxygen atoms in total. The summed E-state index contributed by atoms with van der Waals surface area (Å²) in [7, 11) is 0. The third-order valence-corrected chi connectivity index (χ3v) is 2.50. The molecule has 0 aliphatic carbocycles. The molecular formula is C13H9ClF2O2. The second-order valence-electron chi connectivity index (χ2n) is 3.62. The zero-order valence-electron chi connectivity index (χ0n) is 9.16. The van der Waals surface area contributed by atoms with E-state index in [0.29, 0.717) is 10.6 Å². The fraction of sp³-hybridized carbons (Fsp3) is 0.0769. The fourth-order valence-electron chi connectivity index (χ4n) is 1.47. The molecule has 2 rings (SSSR count). The van der Waals surface area contributed by atoms with Gasteiger partial charge in [0.15, 0.2) is 0 Å². The van der Waals surface area contributed by atoms with Gasteiger partial charge in [0.25, 0.3) is 0 Å². The highest BCUT2D eigenvalue weighted by Crippen LogP contribution is 2.29. The molecule has 1 N–H and O–H groups in total. The Morgan fingerprint density at radius 2 is 1.72 bits per heavy atom. The van der Waals surface area contributed by atoms with Gasteiger partial charge in [0.05, 0.1) is 6.61 Å². The van der Waals surface area contributed by atoms with Gasteiger partial charge in [-0.25, -0.2) is 8.78 Å². The van der Waals surface area contributed by atoms with Gasteiger partial charge in [-0.15, -0.1) is 0 Å². The molecule has 0 unspecified atom stereocenters. The number of aliphatic hydroxyl groups is 1. The normalized spacial score (nSPS) is 10.4. The van der Waals surface area contributed by atoms with E-state index in [0.717, 1.165) is 18.2 Å². The molecule has 0 aliphatic heterocycles. The van der Waals surface area contributed by atoms with Crippen LogP contribution in [0.25, 0.3) is 0 Å². The molecule has 0 aromatic heterocycles. The Bertz CT molecular complexity index is 553. The van der Waals surface area contributed by atoms with E-state index in [2.05, 4.69) is 0 Å². The van der Waals surface area contributed by atoms with Crippen molar-refractivity contribution in [3.8, 4) is 11.5 Å². The predicted molar refractivity (Wildman–Crippen MR) is 63.8 cm³/mol. The first-order valence-electron chi connectivity index (χ1n) is 5.12. The monoisotopic (exact) mass is 270 g/mol. The molecule has 0 spiro atoms. The SMILES string of the molecule is OCc1ccc(Cl)cc1Oc1cc(F)cc(F)c1.